The summed E-state index contributed by atoms with van der Waals surface area (Å²) in [5.41, 5.74) is 1.59. The third-order valence-electron chi connectivity index (χ3n) is 4.06. The second kappa shape index (κ2) is 13.2. The highest BCUT2D eigenvalue weighted by Crippen LogP contribution is 2.12. The van der Waals surface area contributed by atoms with Crippen LogP contribution >= 0.6 is 12.9 Å². The smallest absolute Gasteiger partial charge is 0.296 e. The molecule has 1 aromatic carbocycles. The molecule has 1 aromatic rings. The summed E-state index contributed by atoms with van der Waals surface area (Å²) < 4.78 is 1.60. The average molecular weight is 350 g/mol. The van der Waals surface area contributed by atoms with Crippen molar-refractivity contribution in [2.75, 3.05) is 0 Å². The standard InChI is InChI=1S/C18H29.BrH.Mg/c1-2-3-4-5-6-7-8-9-10-12-15-18-16-13-11-14-17-18;;/h11,13-14,16H,2-10,12,15H2,1H3;1H;/q;;+1/p-1. The zero-order valence-corrected chi connectivity index (χ0v) is 16.2. The molecule has 0 aromatic heterocycles. The van der Waals surface area contributed by atoms with E-state index in [-0.39, 0.29) is 18.2 Å². The molecule has 2 heteroatoms. The van der Waals surface area contributed by atoms with E-state index in [9.17, 15) is 0 Å². The Labute approximate surface area is 141 Å². The van der Waals surface area contributed by atoms with Gasteiger partial charge in [-0.05, 0) is 12.8 Å². The zero-order chi connectivity index (χ0) is 14.5. The first-order chi connectivity index (χ1) is 9.88. The van der Waals surface area contributed by atoms with Crippen molar-refractivity contribution in [1.29, 1.82) is 0 Å². The third-order valence-corrected chi connectivity index (χ3v) is 6.85. The molecule has 0 spiro atoms. The Bertz CT molecular complexity index is 338. The Morgan fingerprint density at radius 2 is 1.35 bits per heavy atom. The second-order valence-electron chi connectivity index (χ2n) is 5.83. The van der Waals surface area contributed by atoms with Crippen LogP contribution in [0.3, 0.4) is 0 Å². The molecular weight excluding hydrogens is 320 g/mol. The van der Waals surface area contributed by atoms with Crippen molar-refractivity contribution in [2.24, 2.45) is 0 Å². The molecule has 0 nitrogen and oxygen atoms in total. The molecule has 0 saturated heterocycles. The number of hydrogen-bond acceptors (Lipinski definition) is 0. The second-order valence-corrected chi connectivity index (χ2v) is 8.55. The molecule has 0 unspecified atom stereocenters. The quantitative estimate of drug-likeness (QED) is 0.331. The van der Waals surface area contributed by atoms with Crippen molar-refractivity contribution in [3.05, 3.63) is 29.8 Å². The van der Waals surface area contributed by atoms with Gasteiger partial charge in [0.25, 0.3) is 0 Å². The zero-order valence-electron chi connectivity index (χ0n) is 13.2. The molecule has 0 fully saturated rings. The van der Waals surface area contributed by atoms with Gasteiger partial charge in [0.2, 0.25) is 0 Å². The van der Waals surface area contributed by atoms with E-state index in [4.69, 9.17) is 0 Å². The lowest BCUT2D eigenvalue weighted by Gasteiger charge is -2.07. The lowest BCUT2D eigenvalue weighted by Crippen LogP contribution is -2.14. The van der Waals surface area contributed by atoms with E-state index in [0.29, 0.717) is 0 Å². The summed E-state index contributed by atoms with van der Waals surface area (Å²) >= 11 is 3.53. The highest BCUT2D eigenvalue weighted by atomic mass is 79.9. The molecule has 0 radical (unpaired) electrons. The van der Waals surface area contributed by atoms with Crippen LogP contribution in [0.5, 0.6) is 0 Å². The van der Waals surface area contributed by atoms with Crippen LogP contribution < -0.4 is 3.69 Å². The van der Waals surface area contributed by atoms with Crippen LogP contribution in [0.1, 0.15) is 76.7 Å². The maximum Gasteiger partial charge on any atom is 0.507 e. The molecular formula is C18H29BrMg. The molecule has 20 heavy (non-hydrogen) atoms. The predicted molar refractivity (Wildman–Crippen MR) is 96.3 cm³/mol. The maximum atomic E-state index is 3.72. The fraction of sp³-hybridized carbons (Fsp3) is 0.667. The van der Waals surface area contributed by atoms with Gasteiger partial charge in [-0.25, -0.2) is 0 Å². The fourth-order valence-corrected chi connectivity index (χ4v) is 5.07. The normalized spacial score (nSPS) is 10.5. The summed E-state index contributed by atoms with van der Waals surface area (Å²) in [5, 5.41) is 0. The van der Waals surface area contributed by atoms with Crippen LogP contribution in [0.15, 0.2) is 24.3 Å². The van der Waals surface area contributed by atoms with Crippen molar-refractivity contribution in [3.63, 3.8) is 0 Å². The van der Waals surface area contributed by atoms with Crippen molar-refractivity contribution in [1.82, 2.24) is 0 Å². The Kier molecular flexibility index (Phi) is 12.2. The largest absolute Gasteiger partial charge is 0.507 e. The first-order valence-corrected chi connectivity index (χ1v) is 13.1. The summed E-state index contributed by atoms with van der Waals surface area (Å²) in [6.07, 6.45) is 15.5. The fourth-order valence-electron chi connectivity index (χ4n) is 2.73. The van der Waals surface area contributed by atoms with Gasteiger partial charge in [-0.15, -0.1) is 3.69 Å². The average Bonchev–Trinajstić information content (AvgIpc) is 2.49. The van der Waals surface area contributed by atoms with Gasteiger partial charge in [-0.3, -0.25) is 12.9 Å². The van der Waals surface area contributed by atoms with Gasteiger partial charge in [0.15, 0.2) is 0 Å². The third kappa shape index (κ3) is 8.69. The molecule has 0 heterocycles. The topological polar surface area (TPSA) is 0 Å². The lowest BCUT2D eigenvalue weighted by atomic mass is 10.0. The van der Waals surface area contributed by atoms with E-state index in [0.717, 1.165) is 0 Å². The minimum Gasteiger partial charge on any atom is -0.296 e. The number of aryl methyl sites for hydroxylation is 1. The first kappa shape index (κ1) is 18.5. The van der Waals surface area contributed by atoms with Crippen LogP contribution in [0.25, 0.3) is 0 Å². The Morgan fingerprint density at radius 3 is 1.95 bits per heavy atom. The highest BCUT2D eigenvalue weighted by molar-refractivity contribution is 9.23. The van der Waals surface area contributed by atoms with E-state index in [1.165, 1.54) is 70.6 Å². The molecule has 0 bridgehead atoms. The number of halogens is 1. The summed E-state index contributed by atoms with van der Waals surface area (Å²) in [4.78, 5) is 0. The molecule has 110 valence electrons. The number of benzene rings is 1. The van der Waals surface area contributed by atoms with Crippen molar-refractivity contribution in [2.45, 2.75) is 77.6 Å². The van der Waals surface area contributed by atoms with E-state index >= 15 is 0 Å². The molecule has 0 saturated carbocycles. The maximum absolute atomic E-state index is 3.72. The minimum absolute atomic E-state index is 0.183. The van der Waals surface area contributed by atoms with Crippen molar-refractivity contribution in [3.8, 4) is 0 Å². The van der Waals surface area contributed by atoms with Gasteiger partial charge >= 0.3 is 18.2 Å². The van der Waals surface area contributed by atoms with Gasteiger partial charge < -0.3 is 0 Å². The van der Waals surface area contributed by atoms with Crippen molar-refractivity contribution < 1.29 is 0 Å². The van der Waals surface area contributed by atoms with E-state index < -0.39 is 0 Å². The van der Waals surface area contributed by atoms with Crippen LogP contribution in [0, 0.1) is 0 Å². The molecule has 0 aliphatic carbocycles. The SMILES string of the molecule is CCCCCCCCCCCCc1cccc[c]1[Mg][Br]. The monoisotopic (exact) mass is 348 g/mol. The Morgan fingerprint density at radius 1 is 0.800 bits per heavy atom. The molecule has 0 amide bonds. The minimum atomic E-state index is -0.183. The van der Waals surface area contributed by atoms with Crippen molar-refractivity contribution >= 4 is 34.8 Å². The lowest BCUT2D eigenvalue weighted by molar-refractivity contribution is 0.556. The predicted octanol–water partition coefficient (Wildman–Crippen LogP) is 5.79. The molecule has 1 rings (SSSR count). The van der Waals surface area contributed by atoms with E-state index in [2.05, 4.69) is 44.1 Å². The van der Waals surface area contributed by atoms with Crippen LogP contribution in [-0.2, 0) is 6.42 Å². The molecule has 0 N–H and O–H groups in total. The van der Waals surface area contributed by atoms with Gasteiger partial charge in [0.1, 0.15) is 0 Å². The van der Waals surface area contributed by atoms with Gasteiger partial charge in [0.05, 0.1) is 0 Å². The van der Waals surface area contributed by atoms with Crippen LogP contribution in [-0.4, -0.2) is 18.2 Å². The Balaban J connectivity index is 1.97. The first-order valence-electron chi connectivity index (χ1n) is 8.51. The number of hydrogen-bond donors (Lipinski definition) is 0. The molecule has 0 atom stereocenters. The van der Waals surface area contributed by atoms with Crippen LogP contribution in [0.2, 0.25) is 0 Å². The van der Waals surface area contributed by atoms with Gasteiger partial charge in [-0.2, -0.15) is 0 Å². The summed E-state index contributed by atoms with van der Waals surface area (Å²) in [7, 11) is 0. The van der Waals surface area contributed by atoms with Gasteiger partial charge in [-0.1, -0.05) is 94.5 Å². The molecule has 0 aliphatic heterocycles. The van der Waals surface area contributed by atoms with E-state index in [1.807, 2.05) is 0 Å². The van der Waals surface area contributed by atoms with Gasteiger partial charge in [0, 0.05) is 0 Å². The van der Waals surface area contributed by atoms with Crippen LogP contribution in [0.4, 0.5) is 0 Å². The number of unbranched alkanes of at least 4 members (excludes halogenated alkanes) is 9. The summed E-state index contributed by atoms with van der Waals surface area (Å²) in [6, 6.07) is 8.97. The summed E-state index contributed by atoms with van der Waals surface area (Å²) in [5.74, 6) is 0. The Hall–Kier alpha value is 0.466. The molecule has 0 aliphatic rings. The van der Waals surface area contributed by atoms with E-state index in [1.54, 1.807) is 9.26 Å². The summed E-state index contributed by atoms with van der Waals surface area (Å²) in [6.45, 7) is 2.29. The number of rotatable bonds is 12. The highest BCUT2D eigenvalue weighted by Gasteiger charge is 2.02.